The summed E-state index contributed by atoms with van der Waals surface area (Å²) in [5.74, 6) is 1.16. The van der Waals surface area contributed by atoms with Crippen molar-refractivity contribution in [2.45, 2.75) is 5.03 Å². The zero-order chi connectivity index (χ0) is 18.7. The Hall–Kier alpha value is -3.73. The topological polar surface area (TPSA) is 130 Å². The second-order valence-electron chi connectivity index (χ2n) is 5.45. The minimum atomic E-state index is -3.69. The van der Waals surface area contributed by atoms with Crippen LogP contribution in [0.15, 0.2) is 72.4 Å². The molecule has 10 nitrogen and oxygen atoms in total. The minimum Gasteiger partial charge on any atom is -0.339 e. The van der Waals surface area contributed by atoms with Crippen LogP contribution in [0.4, 0.5) is 17.2 Å². The van der Waals surface area contributed by atoms with E-state index in [0.29, 0.717) is 17.3 Å². The molecule has 3 aromatic heterocycles. The number of anilines is 3. The summed E-state index contributed by atoms with van der Waals surface area (Å²) in [6.07, 6.45) is 5.99. The summed E-state index contributed by atoms with van der Waals surface area (Å²) >= 11 is 0. The molecule has 0 aliphatic heterocycles. The van der Waals surface area contributed by atoms with Crippen LogP contribution in [0.2, 0.25) is 0 Å². The van der Waals surface area contributed by atoms with Crippen LogP contribution >= 0.6 is 0 Å². The molecule has 4 aromatic rings. The van der Waals surface area contributed by atoms with Crippen LogP contribution in [0.3, 0.4) is 0 Å². The SMILES string of the molecule is O=S(=O)(Nc1ccc(Nc2ccc(-n3cccn3)nn2)cc1)c1cnc[nH]1. The van der Waals surface area contributed by atoms with Gasteiger partial charge in [-0.05, 0) is 42.5 Å². The van der Waals surface area contributed by atoms with Crippen molar-refractivity contribution in [3.63, 3.8) is 0 Å². The number of aromatic amines is 1. The average Bonchev–Trinajstić information content (AvgIpc) is 3.38. The molecule has 0 bridgehead atoms. The minimum absolute atomic E-state index is 0.00255. The Morgan fingerprint density at radius 3 is 2.44 bits per heavy atom. The normalized spacial score (nSPS) is 11.3. The average molecular weight is 382 g/mol. The molecule has 3 heterocycles. The van der Waals surface area contributed by atoms with Crippen LogP contribution in [-0.2, 0) is 10.0 Å². The number of rotatable bonds is 6. The zero-order valence-electron chi connectivity index (χ0n) is 13.8. The van der Waals surface area contributed by atoms with E-state index in [1.54, 1.807) is 59.5 Å². The Morgan fingerprint density at radius 2 is 1.81 bits per heavy atom. The van der Waals surface area contributed by atoms with Gasteiger partial charge < -0.3 is 10.3 Å². The van der Waals surface area contributed by atoms with E-state index < -0.39 is 10.0 Å². The smallest absolute Gasteiger partial charge is 0.278 e. The van der Waals surface area contributed by atoms with Gasteiger partial charge in [-0.3, -0.25) is 4.72 Å². The van der Waals surface area contributed by atoms with Crippen LogP contribution < -0.4 is 10.0 Å². The Balaban J connectivity index is 1.43. The van der Waals surface area contributed by atoms with E-state index in [1.807, 2.05) is 0 Å². The van der Waals surface area contributed by atoms with Crippen LogP contribution in [-0.4, -0.2) is 38.4 Å². The van der Waals surface area contributed by atoms with Crippen LogP contribution in [0.25, 0.3) is 5.82 Å². The molecule has 0 saturated heterocycles. The Labute approximate surface area is 154 Å². The molecule has 0 unspecified atom stereocenters. The van der Waals surface area contributed by atoms with E-state index in [9.17, 15) is 8.42 Å². The highest BCUT2D eigenvalue weighted by Crippen LogP contribution is 2.19. The van der Waals surface area contributed by atoms with E-state index >= 15 is 0 Å². The van der Waals surface area contributed by atoms with Crippen LogP contribution in [0.5, 0.6) is 0 Å². The second kappa shape index (κ2) is 6.88. The lowest BCUT2D eigenvalue weighted by Crippen LogP contribution is -2.13. The predicted octanol–water partition coefficient (Wildman–Crippen LogP) is 1.93. The molecular weight excluding hydrogens is 368 g/mol. The maximum Gasteiger partial charge on any atom is 0.278 e. The van der Waals surface area contributed by atoms with Gasteiger partial charge in [0.2, 0.25) is 0 Å². The number of nitrogens with zero attached hydrogens (tertiary/aromatic N) is 5. The van der Waals surface area contributed by atoms with E-state index in [4.69, 9.17) is 0 Å². The van der Waals surface area contributed by atoms with Gasteiger partial charge in [-0.1, -0.05) is 0 Å². The van der Waals surface area contributed by atoms with Gasteiger partial charge in [-0.2, -0.15) is 13.5 Å². The maximum absolute atomic E-state index is 12.1. The first-order chi connectivity index (χ1) is 13.1. The Kier molecular flexibility index (Phi) is 4.26. The largest absolute Gasteiger partial charge is 0.339 e. The third-order valence-corrected chi connectivity index (χ3v) is 4.87. The maximum atomic E-state index is 12.1. The van der Waals surface area contributed by atoms with Gasteiger partial charge in [0.05, 0.1) is 12.5 Å². The van der Waals surface area contributed by atoms with Gasteiger partial charge in [0.1, 0.15) is 0 Å². The molecule has 136 valence electrons. The van der Waals surface area contributed by atoms with Gasteiger partial charge in [-0.15, -0.1) is 10.2 Å². The summed E-state index contributed by atoms with van der Waals surface area (Å²) < 4.78 is 28.4. The fourth-order valence-electron chi connectivity index (χ4n) is 2.29. The van der Waals surface area contributed by atoms with Crippen molar-refractivity contribution in [3.8, 4) is 5.82 Å². The van der Waals surface area contributed by atoms with Gasteiger partial charge >= 0.3 is 0 Å². The van der Waals surface area contributed by atoms with Crippen LogP contribution in [0, 0.1) is 0 Å². The number of aromatic nitrogens is 6. The summed E-state index contributed by atoms with van der Waals surface area (Å²) in [7, 11) is -3.69. The molecule has 0 saturated carbocycles. The Morgan fingerprint density at radius 1 is 1.00 bits per heavy atom. The van der Waals surface area contributed by atoms with Crippen molar-refractivity contribution in [1.29, 1.82) is 0 Å². The molecule has 0 atom stereocenters. The molecule has 1 aromatic carbocycles. The summed E-state index contributed by atoms with van der Waals surface area (Å²) in [6, 6.07) is 12.1. The number of sulfonamides is 1. The number of hydrogen-bond acceptors (Lipinski definition) is 7. The zero-order valence-corrected chi connectivity index (χ0v) is 14.6. The molecule has 0 spiro atoms. The van der Waals surface area contributed by atoms with Crippen molar-refractivity contribution >= 4 is 27.2 Å². The highest BCUT2D eigenvalue weighted by molar-refractivity contribution is 7.92. The van der Waals surface area contributed by atoms with E-state index in [-0.39, 0.29) is 5.03 Å². The van der Waals surface area contributed by atoms with Crippen molar-refractivity contribution in [2.24, 2.45) is 0 Å². The lowest BCUT2D eigenvalue weighted by atomic mass is 10.3. The fraction of sp³-hybridized carbons (Fsp3) is 0. The first kappa shape index (κ1) is 16.7. The number of imidazole rings is 1. The molecule has 3 N–H and O–H groups in total. The van der Waals surface area contributed by atoms with E-state index in [2.05, 4.69) is 35.3 Å². The highest BCUT2D eigenvalue weighted by atomic mass is 32.2. The fourth-order valence-corrected chi connectivity index (χ4v) is 3.25. The molecule has 11 heteroatoms. The first-order valence-electron chi connectivity index (χ1n) is 7.82. The van der Waals surface area contributed by atoms with Gasteiger partial charge in [0.25, 0.3) is 10.0 Å². The van der Waals surface area contributed by atoms with Crippen molar-refractivity contribution < 1.29 is 8.42 Å². The van der Waals surface area contributed by atoms with Crippen LogP contribution in [0.1, 0.15) is 0 Å². The van der Waals surface area contributed by atoms with E-state index in [1.165, 1.54) is 12.5 Å². The summed E-state index contributed by atoms with van der Waals surface area (Å²) in [5, 5.41) is 15.4. The molecule has 0 aliphatic rings. The van der Waals surface area contributed by atoms with E-state index in [0.717, 1.165) is 5.69 Å². The molecule has 0 radical (unpaired) electrons. The van der Waals surface area contributed by atoms with Crippen molar-refractivity contribution in [1.82, 2.24) is 29.9 Å². The number of nitrogens with one attached hydrogen (secondary N) is 3. The molecule has 0 amide bonds. The lowest BCUT2D eigenvalue weighted by molar-refractivity contribution is 0.598. The lowest BCUT2D eigenvalue weighted by Gasteiger charge is -2.09. The Bertz CT molecular complexity index is 1110. The summed E-state index contributed by atoms with van der Waals surface area (Å²) in [5.41, 5.74) is 1.16. The highest BCUT2D eigenvalue weighted by Gasteiger charge is 2.15. The van der Waals surface area contributed by atoms with Gasteiger partial charge in [-0.25, -0.2) is 9.67 Å². The molecule has 0 aliphatic carbocycles. The molecule has 0 fully saturated rings. The summed E-state index contributed by atoms with van der Waals surface area (Å²) in [6.45, 7) is 0. The third kappa shape index (κ3) is 3.77. The number of hydrogen-bond donors (Lipinski definition) is 3. The standard InChI is InChI=1S/C16H14N8O2S/c25-27(26,16-10-17-11-18-16)23-13-4-2-12(3-5-13)20-14-6-7-15(22-21-14)24-9-1-8-19-24/h1-11,23H,(H,17,18)(H,20,21). The molecule has 4 rings (SSSR count). The van der Waals surface area contributed by atoms with Gasteiger partial charge in [0.15, 0.2) is 16.7 Å². The predicted molar refractivity (Wildman–Crippen MR) is 98.3 cm³/mol. The van der Waals surface area contributed by atoms with Gasteiger partial charge in [0, 0.05) is 23.8 Å². The summed E-state index contributed by atoms with van der Waals surface area (Å²) in [4.78, 5) is 6.27. The first-order valence-corrected chi connectivity index (χ1v) is 9.30. The number of benzene rings is 1. The monoisotopic (exact) mass is 382 g/mol. The number of H-pyrrole nitrogens is 1. The molecule has 27 heavy (non-hydrogen) atoms. The van der Waals surface area contributed by atoms with Crippen molar-refractivity contribution in [3.05, 3.63) is 67.4 Å². The second-order valence-corrected chi connectivity index (χ2v) is 7.10. The van der Waals surface area contributed by atoms with Crippen molar-refractivity contribution in [2.75, 3.05) is 10.0 Å². The molecular formula is C16H14N8O2S. The quantitative estimate of drug-likeness (QED) is 0.464. The third-order valence-electron chi connectivity index (χ3n) is 3.56.